The number of aromatic nitrogens is 1. The molecule has 1 aromatic heterocycles. The van der Waals surface area contributed by atoms with Crippen LogP contribution in [0.25, 0.3) is 10.6 Å². The van der Waals surface area contributed by atoms with Crippen molar-refractivity contribution in [3.05, 3.63) is 75.0 Å². The number of nitrogens with zero attached hydrogens (tertiary/aromatic N) is 2. The van der Waals surface area contributed by atoms with Crippen molar-refractivity contribution in [3.8, 4) is 10.6 Å². The van der Waals surface area contributed by atoms with Crippen LogP contribution in [0.4, 0.5) is 15.8 Å². The van der Waals surface area contributed by atoms with E-state index in [0.717, 1.165) is 34.3 Å². The molecule has 0 saturated carbocycles. The molecule has 0 saturated heterocycles. The van der Waals surface area contributed by atoms with Crippen molar-refractivity contribution in [1.29, 1.82) is 0 Å². The van der Waals surface area contributed by atoms with Crippen molar-refractivity contribution in [1.82, 2.24) is 4.98 Å². The standard InChI is InChI=1S/C18H14FN3O3S/c1-11-2-4-12(5-3-11)18-20-13(10-26-18)8-17(23)21-16-9-14(22(24)25)6-7-15(16)19/h2-7,9-10H,8H2,1H3,(H,21,23). The number of nitro benzene ring substituents is 1. The van der Waals surface area contributed by atoms with Gasteiger partial charge >= 0.3 is 0 Å². The molecule has 1 heterocycles. The Kier molecular flexibility index (Phi) is 5.04. The smallest absolute Gasteiger partial charge is 0.271 e. The summed E-state index contributed by atoms with van der Waals surface area (Å²) in [6.45, 7) is 1.99. The fraction of sp³-hybridized carbons (Fsp3) is 0.111. The van der Waals surface area contributed by atoms with Crippen molar-refractivity contribution in [2.45, 2.75) is 13.3 Å². The van der Waals surface area contributed by atoms with Crippen LogP contribution in [0.3, 0.4) is 0 Å². The van der Waals surface area contributed by atoms with Gasteiger partial charge in [0.25, 0.3) is 5.69 Å². The molecule has 26 heavy (non-hydrogen) atoms. The summed E-state index contributed by atoms with van der Waals surface area (Å²) in [5.74, 6) is -1.23. The number of halogens is 1. The Morgan fingerprint density at radius 1 is 1.27 bits per heavy atom. The van der Waals surface area contributed by atoms with Gasteiger partial charge in [0.15, 0.2) is 0 Å². The van der Waals surface area contributed by atoms with Crippen LogP contribution in [0.15, 0.2) is 47.8 Å². The first-order valence-electron chi connectivity index (χ1n) is 7.67. The summed E-state index contributed by atoms with van der Waals surface area (Å²) in [6.07, 6.45) is -0.0511. The molecule has 0 bridgehead atoms. The topological polar surface area (TPSA) is 85.1 Å². The second-order valence-corrected chi connectivity index (χ2v) is 6.51. The zero-order chi connectivity index (χ0) is 18.7. The number of nitrogens with one attached hydrogen (secondary N) is 1. The molecular weight excluding hydrogens is 357 g/mol. The second-order valence-electron chi connectivity index (χ2n) is 5.66. The first kappa shape index (κ1) is 17.7. The van der Waals surface area contributed by atoms with Gasteiger partial charge < -0.3 is 5.32 Å². The molecule has 1 amide bonds. The maximum atomic E-state index is 13.7. The first-order chi connectivity index (χ1) is 12.4. The lowest BCUT2D eigenvalue weighted by molar-refractivity contribution is -0.384. The molecule has 3 aromatic rings. The zero-order valence-corrected chi connectivity index (χ0v) is 14.5. The number of hydrogen-bond donors (Lipinski definition) is 1. The van der Waals surface area contributed by atoms with Gasteiger partial charge in [-0.05, 0) is 13.0 Å². The lowest BCUT2D eigenvalue weighted by Crippen LogP contribution is -2.15. The number of hydrogen-bond acceptors (Lipinski definition) is 5. The number of thiazole rings is 1. The molecule has 0 spiro atoms. The fourth-order valence-corrected chi connectivity index (χ4v) is 3.12. The van der Waals surface area contributed by atoms with E-state index in [1.165, 1.54) is 11.3 Å². The van der Waals surface area contributed by atoms with E-state index in [0.29, 0.717) is 5.69 Å². The molecule has 3 rings (SSSR count). The van der Waals surface area contributed by atoms with Crippen molar-refractivity contribution in [3.63, 3.8) is 0 Å². The second kappa shape index (κ2) is 7.40. The molecule has 0 atom stereocenters. The van der Waals surface area contributed by atoms with Gasteiger partial charge in [0.2, 0.25) is 5.91 Å². The Labute approximate surface area is 152 Å². The highest BCUT2D eigenvalue weighted by Gasteiger charge is 2.14. The maximum absolute atomic E-state index is 13.7. The molecule has 0 unspecified atom stereocenters. The van der Waals surface area contributed by atoms with Gasteiger partial charge in [-0.2, -0.15) is 0 Å². The van der Waals surface area contributed by atoms with Gasteiger partial charge in [-0.1, -0.05) is 29.8 Å². The number of anilines is 1. The third-order valence-electron chi connectivity index (χ3n) is 3.63. The normalized spacial score (nSPS) is 10.5. The number of benzene rings is 2. The first-order valence-corrected chi connectivity index (χ1v) is 8.55. The van der Waals surface area contributed by atoms with Crippen LogP contribution in [-0.4, -0.2) is 15.8 Å². The molecule has 0 aliphatic heterocycles. The molecule has 6 nitrogen and oxygen atoms in total. The quantitative estimate of drug-likeness (QED) is 0.534. The number of non-ortho nitro benzene ring substituents is 1. The lowest BCUT2D eigenvalue weighted by atomic mass is 10.2. The minimum absolute atomic E-state index is 0.0511. The summed E-state index contributed by atoms with van der Waals surface area (Å²) in [5, 5.41) is 15.7. The summed E-state index contributed by atoms with van der Waals surface area (Å²) >= 11 is 1.41. The van der Waals surface area contributed by atoms with Gasteiger partial charge in [0.05, 0.1) is 22.7 Å². The van der Waals surface area contributed by atoms with E-state index in [1.54, 1.807) is 5.38 Å². The summed E-state index contributed by atoms with van der Waals surface area (Å²) in [6, 6.07) is 10.9. The third-order valence-corrected chi connectivity index (χ3v) is 4.57. The van der Waals surface area contributed by atoms with E-state index in [-0.39, 0.29) is 17.8 Å². The molecule has 2 aromatic carbocycles. The molecule has 1 N–H and O–H groups in total. The van der Waals surface area contributed by atoms with Gasteiger partial charge in [-0.15, -0.1) is 11.3 Å². The van der Waals surface area contributed by atoms with Gasteiger partial charge in [0, 0.05) is 23.1 Å². The van der Waals surface area contributed by atoms with E-state index in [9.17, 15) is 19.3 Å². The van der Waals surface area contributed by atoms with Crippen LogP contribution in [0, 0.1) is 22.9 Å². The Morgan fingerprint density at radius 2 is 2.00 bits per heavy atom. The highest BCUT2D eigenvalue weighted by atomic mass is 32.1. The van der Waals surface area contributed by atoms with Crippen LogP contribution < -0.4 is 5.32 Å². The van der Waals surface area contributed by atoms with Crippen LogP contribution in [0.2, 0.25) is 0 Å². The average molecular weight is 371 g/mol. The Bertz CT molecular complexity index is 970. The predicted octanol–water partition coefficient (Wildman–Crippen LogP) is 4.35. The Balaban J connectivity index is 1.70. The molecule has 0 aliphatic carbocycles. The molecule has 0 radical (unpaired) electrons. The minimum Gasteiger partial charge on any atom is -0.323 e. The summed E-state index contributed by atoms with van der Waals surface area (Å²) in [7, 11) is 0. The minimum atomic E-state index is -0.734. The number of carbonyl (C=O) groups is 1. The predicted molar refractivity (Wildman–Crippen MR) is 97.7 cm³/mol. The number of nitro groups is 1. The van der Waals surface area contributed by atoms with Crippen molar-refractivity contribution in [2.75, 3.05) is 5.32 Å². The number of carbonyl (C=O) groups excluding carboxylic acids is 1. The molecular formula is C18H14FN3O3S. The summed E-state index contributed by atoms with van der Waals surface area (Å²) in [5.41, 5.74) is 2.13. The lowest BCUT2D eigenvalue weighted by Gasteiger charge is -2.05. The SMILES string of the molecule is Cc1ccc(-c2nc(CC(=O)Nc3cc([N+](=O)[O-])ccc3F)cs2)cc1. The molecule has 0 aliphatic rings. The van der Waals surface area contributed by atoms with Gasteiger partial charge in [0.1, 0.15) is 10.8 Å². The van der Waals surface area contributed by atoms with E-state index >= 15 is 0 Å². The summed E-state index contributed by atoms with van der Waals surface area (Å²) in [4.78, 5) is 26.7. The zero-order valence-electron chi connectivity index (χ0n) is 13.7. The monoisotopic (exact) mass is 371 g/mol. The van der Waals surface area contributed by atoms with E-state index in [1.807, 2.05) is 31.2 Å². The number of aryl methyl sites for hydroxylation is 1. The van der Waals surface area contributed by atoms with Crippen LogP contribution in [-0.2, 0) is 11.2 Å². The Morgan fingerprint density at radius 3 is 2.69 bits per heavy atom. The molecule has 0 fully saturated rings. The van der Waals surface area contributed by atoms with E-state index in [4.69, 9.17) is 0 Å². The van der Waals surface area contributed by atoms with Crippen molar-refractivity contribution in [2.24, 2.45) is 0 Å². The molecule has 8 heteroatoms. The van der Waals surface area contributed by atoms with E-state index in [2.05, 4.69) is 10.3 Å². The number of amides is 1. The Hall–Kier alpha value is -3.13. The fourth-order valence-electron chi connectivity index (χ4n) is 2.30. The van der Waals surface area contributed by atoms with Crippen molar-refractivity contribution < 1.29 is 14.1 Å². The average Bonchev–Trinajstić information content (AvgIpc) is 3.05. The highest BCUT2D eigenvalue weighted by molar-refractivity contribution is 7.13. The van der Waals surface area contributed by atoms with Crippen LogP contribution >= 0.6 is 11.3 Å². The van der Waals surface area contributed by atoms with Crippen LogP contribution in [0.1, 0.15) is 11.3 Å². The summed E-state index contributed by atoms with van der Waals surface area (Å²) < 4.78 is 13.7. The number of rotatable bonds is 5. The molecule has 132 valence electrons. The van der Waals surface area contributed by atoms with Crippen LogP contribution in [0.5, 0.6) is 0 Å². The maximum Gasteiger partial charge on any atom is 0.271 e. The van der Waals surface area contributed by atoms with Gasteiger partial charge in [-0.3, -0.25) is 14.9 Å². The largest absolute Gasteiger partial charge is 0.323 e. The van der Waals surface area contributed by atoms with E-state index < -0.39 is 16.6 Å². The van der Waals surface area contributed by atoms with Gasteiger partial charge in [-0.25, -0.2) is 9.37 Å². The highest BCUT2D eigenvalue weighted by Crippen LogP contribution is 2.25. The van der Waals surface area contributed by atoms with Crippen molar-refractivity contribution >= 4 is 28.6 Å². The third kappa shape index (κ3) is 4.09.